The van der Waals surface area contributed by atoms with Crippen LogP contribution in [0.4, 0.5) is 0 Å². The van der Waals surface area contributed by atoms with Crippen LogP contribution in [0.1, 0.15) is 0 Å². The van der Waals surface area contributed by atoms with Gasteiger partial charge in [0.05, 0.1) is 0 Å². The van der Waals surface area contributed by atoms with E-state index >= 15 is 0 Å². The summed E-state index contributed by atoms with van der Waals surface area (Å²) in [5.74, 6) is 0. The van der Waals surface area contributed by atoms with Gasteiger partial charge in [-0.05, 0) is 0 Å². The Labute approximate surface area is 79.2 Å². The Morgan fingerprint density at radius 1 is 0.714 bits per heavy atom. The van der Waals surface area contributed by atoms with Gasteiger partial charge in [0.15, 0.2) is 0 Å². The monoisotopic (exact) mass is 201 g/mol. The lowest BCUT2D eigenvalue weighted by atomic mass is 9.79. The summed E-state index contributed by atoms with van der Waals surface area (Å²) in [5.41, 5.74) is 0. The summed E-state index contributed by atoms with van der Waals surface area (Å²) in [4.78, 5) is 0. The maximum Gasteiger partial charge on any atom is 0.582 e. The number of rotatable bonds is 0. The highest BCUT2D eigenvalue weighted by Gasteiger charge is 2.61. The quantitative estimate of drug-likeness (QED) is 0.385. The summed E-state index contributed by atoms with van der Waals surface area (Å²) >= 11 is 0. The molecule has 14 heteroatoms. The molecule has 4 rings (SSSR count). The molecule has 1 spiro atoms. The van der Waals surface area contributed by atoms with Gasteiger partial charge in [-0.1, -0.05) is 0 Å². The van der Waals surface area contributed by atoms with Gasteiger partial charge in [-0.3, -0.25) is 0 Å². The molecule has 0 aliphatic carbocycles. The van der Waals surface area contributed by atoms with Gasteiger partial charge >= 0.3 is 36.2 Å². The highest BCUT2D eigenvalue weighted by molar-refractivity contribution is 6.86. The molecule has 4 heterocycles. The van der Waals surface area contributed by atoms with Gasteiger partial charge in [0.25, 0.3) is 0 Å². The Bertz CT molecular complexity index is 208. The Morgan fingerprint density at radius 3 is 1.71 bits per heavy atom. The van der Waals surface area contributed by atoms with E-state index in [9.17, 15) is 0 Å². The summed E-state index contributed by atoms with van der Waals surface area (Å²) < 4.78 is 33.0. The minimum atomic E-state index is -2.74. The lowest BCUT2D eigenvalue weighted by Crippen LogP contribution is -2.75. The fourth-order valence-electron chi connectivity index (χ4n) is 1.23. The Hall–Kier alpha value is -0.0353. The van der Waals surface area contributed by atoms with E-state index in [2.05, 4.69) is 4.57 Å². The first-order valence-corrected chi connectivity index (χ1v) is 3.82. The van der Waals surface area contributed by atoms with Crippen molar-refractivity contribution in [3.05, 3.63) is 0 Å². The zero-order valence-electron chi connectivity index (χ0n) is 6.64. The van der Waals surface area contributed by atoms with Crippen LogP contribution in [0.25, 0.3) is 0 Å². The summed E-state index contributed by atoms with van der Waals surface area (Å²) in [5, 5.41) is 18.0. The van der Waals surface area contributed by atoms with Crippen molar-refractivity contribution in [1.29, 1.82) is 0 Å². The molecule has 9 nitrogen and oxygen atoms in total. The molecule has 0 aromatic rings. The summed E-state index contributed by atoms with van der Waals surface area (Å²) in [7, 11) is -5.36. The average molecular weight is 200 g/mol. The molecule has 0 aromatic carbocycles. The zero-order chi connectivity index (χ0) is 9.76. The maximum absolute atomic E-state index is 8.99. The number of hydrogen-bond donors (Lipinski definition) is 2. The molecule has 2 N–H and O–H groups in total. The molecular weight excluding hydrogens is 198 g/mol. The van der Waals surface area contributed by atoms with Crippen LogP contribution in [0.3, 0.4) is 0 Å². The predicted octanol–water partition coefficient (Wildman–Crippen LogP) is -3.50. The van der Waals surface area contributed by atoms with Crippen molar-refractivity contribution < 1.29 is 42.1 Å². The molecular formula is H2B5O9-. The molecule has 4 aliphatic rings. The van der Waals surface area contributed by atoms with E-state index in [0.717, 1.165) is 0 Å². The van der Waals surface area contributed by atoms with E-state index in [0.29, 0.717) is 0 Å². The van der Waals surface area contributed by atoms with E-state index in [4.69, 9.17) is 37.5 Å². The molecule has 0 amide bonds. The van der Waals surface area contributed by atoms with Gasteiger partial charge in [-0.25, -0.2) is 0 Å². The lowest BCUT2D eigenvalue weighted by molar-refractivity contribution is -0.0180. The van der Waals surface area contributed by atoms with Gasteiger partial charge in [0.1, 0.15) is 0 Å². The molecule has 0 aromatic heterocycles. The van der Waals surface area contributed by atoms with Crippen LogP contribution in [-0.2, 0) is 32.0 Å². The molecule has 14 heavy (non-hydrogen) atoms. The minimum absolute atomic E-state index is 0.980. The van der Waals surface area contributed by atoms with Crippen LogP contribution in [0.15, 0.2) is 0 Å². The molecule has 0 radical (unpaired) electrons. The highest BCUT2D eigenvalue weighted by atomic mass is 17.0. The van der Waals surface area contributed by atoms with Crippen LogP contribution in [0.5, 0.6) is 0 Å². The molecule has 0 unspecified atom stereocenters. The topological polar surface area (TPSA) is 105 Å². The van der Waals surface area contributed by atoms with Gasteiger partial charge in [-0.2, -0.15) is 0 Å². The van der Waals surface area contributed by atoms with Gasteiger partial charge in [0, 0.05) is 0 Å². The standard InChI is InChI=1S/B5H2O9/c6-1-8-2(7)12-5(11-1)13-3-9-4(10-3)14-5/h6-7H/q-1. The first-order chi connectivity index (χ1) is 6.65. The predicted molar refractivity (Wildman–Crippen MR) is 40.8 cm³/mol. The third-order valence-corrected chi connectivity index (χ3v) is 1.80. The van der Waals surface area contributed by atoms with E-state index in [1.807, 2.05) is 0 Å². The first-order valence-electron chi connectivity index (χ1n) is 3.82. The molecule has 0 atom stereocenters. The van der Waals surface area contributed by atoms with Crippen molar-refractivity contribution in [2.24, 2.45) is 0 Å². The van der Waals surface area contributed by atoms with E-state index in [1.54, 1.807) is 0 Å². The lowest BCUT2D eigenvalue weighted by Gasteiger charge is -2.55. The van der Waals surface area contributed by atoms with Crippen molar-refractivity contribution >= 4 is 36.2 Å². The smallest absolute Gasteiger partial charge is 0.540 e. The van der Waals surface area contributed by atoms with E-state index in [-0.39, 0.29) is 0 Å². The average Bonchev–Trinajstić information content (AvgIpc) is 1.98. The second-order valence-corrected chi connectivity index (χ2v) is 2.72. The van der Waals surface area contributed by atoms with Gasteiger partial charge in [-0.15, -0.1) is 0 Å². The Balaban J connectivity index is 1.75. The summed E-state index contributed by atoms with van der Waals surface area (Å²) in [6, 6.07) is 0. The zero-order valence-corrected chi connectivity index (χ0v) is 6.64. The van der Waals surface area contributed by atoms with Crippen molar-refractivity contribution in [3.63, 3.8) is 0 Å². The maximum atomic E-state index is 8.99. The van der Waals surface area contributed by atoms with Crippen molar-refractivity contribution in [2.75, 3.05) is 0 Å². The molecule has 4 fully saturated rings. The normalized spacial score (nSPS) is 29.6. The van der Waals surface area contributed by atoms with Crippen LogP contribution in [0, 0.1) is 0 Å². The second kappa shape index (κ2) is 2.98. The Morgan fingerprint density at radius 2 is 1.21 bits per heavy atom. The molecule has 0 saturated carbocycles. The Kier molecular flexibility index (Phi) is 1.96. The van der Waals surface area contributed by atoms with Crippen LogP contribution in [0.2, 0.25) is 0 Å². The van der Waals surface area contributed by atoms with Crippen molar-refractivity contribution in [2.45, 2.75) is 0 Å². The van der Waals surface area contributed by atoms with Crippen LogP contribution < -0.4 is 0 Å². The van der Waals surface area contributed by atoms with Crippen molar-refractivity contribution in [3.8, 4) is 0 Å². The summed E-state index contributed by atoms with van der Waals surface area (Å²) in [6.07, 6.45) is 0. The van der Waals surface area contributed by atoms with Crippen molar-refractivity contribution in [1.82, 2.24) is 0 Å². The van der Waals surface area contributed by atoms with E-state index in [1.165, 1.54) is 0 Å². The molecule has 72 valence electrons. The minimum Gasteiger partial charge on any atom is -0.540 e. The largest absolute Gasteiger partial charge is 0.582 e. The van der Waals surface area contributed by atoms with Gasteiger partial charge < -0.3 is 42.1 Å². The first kappa shape index (κ1) is 9.21. The van der Waals surface area contributed by atoms with Crippen LogP contribution in [-0.4, -0.2) is 46.3 Å². The molecule has 2 bridgehead atoms. The highest BCUT2D eigenvalue weighted by Crippen LogP contribution is 2.30. The fourth-order valence-corrected chi connectivity index (χ4v) is 1.23. The van der Waals surface area contributed by atoms with Gasteiger partial charge in [0.2, 0.25) is 0 Å². The van der Waals surface area contributed by atoms with E-state index < -0.39 is 36.2 Å². The number of hydrogen-bond acceptors (Lipinski definition) is 9. The molecule has 4 saturated heterocycles. The fraction of sp³-hybridized carbons (Fsp3) is 0. The third-order valence-electron chi connectivity index (χ3n) is 1.80. The third kappa shape index (κ3) is 1.41. The van der Waals surface area contributed by atoms with Crippen LogP contribution >= 0.6 is 0 Å². The second-order valence-electron chi connectivity index (χ2n) is 2.72. The summed E-state index contributed by atoms with van der Waals surface area (Å²) in [6.45, 7) is -2.74. The molecule has 4 aliphatic heterocycles. The SMILES string of the molecule is OB1OB(O)O[B-]2(O1)OB1OB(O1)O2.